The molecule has 0 N–H and O–H groups in total. The van der Waals surface area contributed by atoms with Gasteiger partial charge in [0.1, 0.15) is 5.69 Å². The molecule has 1 aromatic carbocycles. The number of hydrogen-bond donors (Lipinski definition) is 0. The van der Waals surface area contributed by atoms with Crippen LogP contribution in [0.2, 0.25) is 0 Å². The SMILES string of the molecule is CCn1nc2c(C(C)C)cccc2c1C(C)=O. The summed E-state index contributed by atoms with van der Waals surface area (Å²) in [6.07, 6.45) is 0. The van der Waals surface area contributed by atoms with E-state index in [1.807, 2.05) is 19.1 Å². The molecule has 2 aromatic rings. The zero-order chi connectivity index (χ0) is 12.6. The quantitative estimate of drug-likeness (QED) is 0.758. The van der Waals surface area contributed by atoms with Gasteiger partial charge in [-0.15, -0.1) is 0 Å². The highest BCUT2D eigenvalue weighted by atomic mass is 16.1. The number of nitrogens with zero attached hydrogens (tertiary/aromatic N) is 2. The second-order valence-corrected chi connectivity index (χ2v) is 4.62. The minimum atomic E-state index is 0.0789. The van der Waals surface area contributed by atoms with Gasteiger partial charge >= 0.3 is 0 Å². The Balaban J connectivity index is 2.82. The van der Waals surface area contributed by atoms with E-state index in [1.54, 1.807) is 11.6 Å². The summed E-state index contributed by atoms with van der Waals surface area (Å²) >= 11 is 0. The molecular weight excluding hydrogens is 212 g/mol. The van der Waals surface area contributed by atoms with Gasteiger partial charge in [-0.25, -0.2) is 0 Å². The standard InChI is InChI=1S/C14H18N2O/c1-5-16-14(10(4)17)12-8-6-7-11(9(2)3)13(12)15-16/h6-9H,5H2,1-4H3. The molecule has 0 saturated carbocycles. The van der Waals surface area contributed by atoms with Crippen LogP contribution >= 0.6 is 0 Å². The van der Waals surface area contributed by atoms with Crippen LogP contribution in [0.25, 0.3) is 10.9 Å². The lowest BCUT2D eigenvalue weighted by atomic mass is 9.99. The Bertz CT molecular complexity index is 567. The average Bonchev–Trinajstić information content (AvgIpc) is 2.66. The number of aryl methyl sites for hydroxylation is 1. The molecule has 0 spiro atoms. The molecular formula is C14H18N2O. The molecule has 0 aliphatic heterocycles. The maximum atomic E-state index is 11.7. The van der Waals surface area contributed by atoms with Crippen LogP contribution in [0.15, 0.2) is 18.2 Å². The summed E-state index contributed by atoms with van der Waals surface area (Å²) in [6, 6.07) is 6.08. The van der Waals surface area contributed by atoms with Crippen LogP contribution in [0.5, 0.6) is 0 Å². The minimum absolute atomic E-state index is 0.0789. The van der Waals surface area contributed by atoms with E-state index < -0.39 is 0 Å². The zero-order valence-electron chi connectivity index (χ0n) is 10.8. The molecule has 1 aromatic heterocycles. The molecule has 0 radical (unpaired) electrons. The molecule has 0 saturated heterocycles. The normalized spacial score (nSPS) is 11.4. The number of ketones is 1. The Labute approximate surface area is 101 Å². The van der Waals surface area contributed by atoms with Crippen molar-refractivity contribution in [2.75, 3.05) is 0 Å². The topological polar surface area (TPSA) is 34.9 Å². The summed E-state index contributed by atoms with van der Waals surface area (Å²) in [4.78, 5) is 11.7. The van der Waals surface area contributed by atoms with Crippen LogP contribution < -0.4 is 0 Å². The largest absolute Gasteiger partial charge is 0.293 e. The molecule has 0 amide bonds. The molecule has 90 valence electrons. The van der Waals surface area contributed by atoms with E-state index in [1.165, 1.54) is 5.56 Å². The van der Waals surface area contributed by atoms with Crippen LogP contribution in [0.3, 0.4) is 0 Å². The highest BCUT2D eigenvalue weighted by Gasteiger charge is 2.17. The van der Waals surface area contributed by atoms with Gasteiger partial charge in [-0.3, -0.25) is 9.48 Å². The van der Waals surface area contributed by atoms with E-state index in [0.717, 1.165) is 23.1 Å². The predicted octanol–water partition coefficient (Wildman–Crippen LogP) is 3.38. The summed E-state index contributed by atoms with van der Waals surface area (Å²) < 4.78 is 1.80. The second kappa shape index (κ2) is 4.32. The second-order valence-electron chi connectivity index (χ2n) is 4.62. The maximum Gasteiger partial charge on any atom is 0.178 e. The van der Waals surface area contributed by atoms with Gasteiger partial charge in [-0.1, -0.05) is 32.0 Å². The molecule has 0 aliphatic carbocycles. The van der Waals surface area contributed by atoms with Crippen molar-refractivity contribution in [2.24, 2.45) is 0 Å². The summed E-state index contributed by atoms with van der Waals surface area (Å²) in [5.74, 6) is 0.494. The van der Waals surface area contributed by atoms with Crippen molar-refractivity contribution in [2.45, 2.75) is 40.2 Å². The van der Waals surface area contributed by atoms with Crippen molar-refractivity contribution in [3.8, 4) is 0 Å². The fraction of sp³-hybridized carbons (Fsp3) is 0.429. The number of carbonyl (C=O) groups excluding carboxylic acids is 1. The van der Waals surface area contributed by atoms with Crippen molar-refractivity contribution >= 4 is 16.7 Å². The molecule has 3 heteroatoms. The van der Waals surface area contributed by atoms with E-state index in [9.17, 15) is 4.79 Å². The molecule has 0 unspecified atom stereocenters. The first-order valence-corrected chi connectivity index (χ1v) is 6.06. The van der Waals surface area contributed by atoms with Crippen molar-refractivity contribution in [1.82, 2.24) is 9.78 Å². The molecule has 0 bridgehead atoms. The molecule has 17 heavy (non-hydrogen) atoms. The fourth-order valence-electron chi connectivity index (χ4n) is 2.24. The number of rotatable bonds is 3. The lowest BCUT2D eigenvalue weighted by Gasteiger charge is -2.04. The van der Waals surface area contributed by atoms with Crippen LogP contribution in [-0.4, -0.2) is 15.6 Å². The number of carbonyl (C=O) groups is 1. The Morgan fingerprint density at radius 1 is 1.41 bits per heavy atom. The first kappa shape index (κ1) is 11.8. The van der Waals surface area contributed by atoms with Gasteiger partial charge in [-0.2, -0.15) is 5.10 Å². The summed E-state index contributed by atoms with van der Waals surface area (Å²) in [7, 11) is 0. The first-order valence-electron chi connectivity index (χ1n) is 6.06. The molecule has 2 rings (SSSR count). The van der Waals surface area contributed by atoms with E-state index in [-0.39, 0.29) is 5.78 Å². The Morgan fingerprint density at radius 2 is 2.12 bits per heavy atom. The van der Waals surface area contributed by atoms with Crippen LogP contribution in [0.1, 0.15) is 49.7 Å². The van der Waals surface area contributed by atoms with Gasteiger partial charge in [0, 0.05) is 18.9 Å². The smallest absolute Gasteiger partial charge is 0.178 e. The highest BCUT2D eigenvalue weighted by Crippen LogP contribution is 2.27. The highest BCUT2D eigenvalue weighted by molar-refractivity contribution is 6.05. The zero-order valence-corrected chi connectivity index (χ0v) is 10.8. The van der Waals surface area contributed by atoms with Gasteiger partial charge in [-0.05, 0) is 18.4 Å². The van der Waals surface area contributed by atoms with Crippen molar-refractivity contribution < 1.29 is 4.79 Å². The third kappa shape index (κ3) is 1.86. The monoisotopic (exact) mass is 230 g/mol. The maximum absolute atomic E-state index is 11.7. The van der Waals surface area contributed by atoms with Crippen LogP contribution in [0, 0.1) is 0 Å². The van der Waals surface area contributed by atoms with E-state index >= 15 is 0 Å². The molecule has 0 aliphatic rings. The fourth-order valence-corrected chi connectivity index (χ4v) is 2.24. The number of aromatic nitrogens is 2. The average molecular weight is 230 g/mol. The Morgan fingerprint density at radius 3 is 2.65 bits per heavy atom. The number of hydrogen-bond acceptors (Lipinski definition) is 2. The molecule has 1 heterocycles. The predicted molar refractivity (Wildman–Crippen MR) is 69.5 cm³/mol. The van der Waals surface area contributed by atoms with Gasteiger partial charge < -0.3 is 0 Å². The third-order valence-electron chi connectivity index (χ3n) is 3.06. The van der Waals surface area contributed by atoms with Gasteiger partial charge in [0.25, 0.3) is 0 Å². The lowest BCUT2D eigenvalue weighted by Crippen LogP contribution is -2.06. The van der Waals surface area contributed by atoms with Gasteiger partial charge in [0.05, 0.1) is 5.52 Å². The van der Waals surface area contributed by atoms with E-state index in [2.05, 4.69) is 25.0 Å². The summed E-state index contributed by atoms with van der Waals surface area (Å²) in [5, 5.41) is 5.55. The number of benzene rings is 1. The minimum Gasteiger partial charge on any atom is -0.293 e. The van der Waals surface area contributed by atoms with E-state index in [4.69, 9.17) is 0 Å². The van der Waals surface area contributed by atoms with E-state index in [0.29, 0.717) is 5.92 Å². The summed E-state index contributed by atoms with van der Waals surface area (Å²) in [5.41, 5.74) is 2.90. The van der Waals surface area contributed by atoms with Crippen LogP contribution in [0.4, 0.5) is 0 Å². The lowest BCUT2D eigenvalue weighted by molar-refractivity contribution is 0.100. The summed E-state index contributed by atoms with van der Waals surface area (Å²) in [6.45, 7) is 8.62. The van der Waals surface area contributed by atoms with Crippen molar-refractivity contribution in [3.63, 3.8) is 0 Å². The van der Waals surface area contributed by atoms with Gasteiger partial charge in [0.15, 0.2) is 5.78 Å². The van der Waals surface area contributed by atoms with Gasteiger partial charge in [0.2, 0.25) is 0 Å². The molecule has 3 nitrogen and oxygen atoms in total. The Kier molecular flexibility index (Phi) is 3.01. The molecule has 0 atom stereocenters. The number of Topliss-reactive ketones (excluding diaryl/α,β-unsaturated/α-hetero) is 1. The first-order chi connectivity index (χ1) is 8.06. The van der Waals surface area contributed by atoms with Crippen molar-refractivity contribution in [1.29, 1.82) is 0 Å². The molecule has 0 fully saturated rings. The number of fused-ring (bicyclic) bond motifs is 1. The van der Waals surface area contributed by atoms with Crippen LogP contribution in [-0.2, 0) is 6.54 Å². The third-order valence-corrected chi connectivity index (χ3v) is 3.06. The van der Waals surface area contributed by atoms with Crippen molar-refractivity contribution in [3.05, 3.63) is 29.5 Å². The Hall–Kier alpha value is -1.64.